The van der Waals surface area contributed by atoms with Crippen LogP contribution in [-0.2, 0) is 9.53 Å². The number of aliphatic carboxylic acids is 1. The number of nitrogens with zero attached hydrogens (tertiary/aromatic N) is 3. The number of aryl methyl sites for hydroxylation is 1. The normalized spacial score (nSPS) is 19.6. The van der Waals surface area contributed by atoms with Crippen LogP contribution in [0.1, 0.15) is 5.01 Å². The molecular formula is C9H12N4O4S. The topological polar surface area (TPSA) is 105 Å². The van der Waals surface area contributed by atoms with Crippen molar-refractivity contribution >= 4 is 28.5 Å². The molecule has 2 N–H and O–H groups in total. The van der Waals surface area contributed by atoms with Crippen molar-refractivity contribution in [2.45, 2.75) is 13.0 Å². The van der Waals surface area contributed by atoms with Gasteiger partial charge in [-0.05, 0) is 6.92 Å². The second-order valence-corrected chi connectivity index (χ2v) is 4.86. The van der Waals surface area contributed by atoms with E-state index in [4.69, 9.17) is 9.84 Å². The lowest BCUT2D eigenvalue weighted by atomic mass is 10.2. The molecule has 1 atom stereocenters. The number of carbonyl (C=O) groups excluding carboxylic acids is 1. The van der Waals surface area contributed by atoms with Crippen LogP contribution in [0, 0.1) is 6.92 Å². The van der Waals surface area contributed by atoms with Gasteiger partial charge in [0.15, 0.2) is 6.04 Å². The molecule has 1 aliphatic heterocycles. The fourth-order valence-electron chi connectivity index (χ4n) is 1.56. The Balaban J connectivity index is 2.04. The van der Waals surface area contributed by atoms with Crippen LogP contribution in [0.15, 0.2) is 0 Å². The standard InChI is InChI=1S/C9H12N4O4S/c1-5-11-12-8(18-5)10-9(16)13-2-3-17-4-6(13)7(14)15/h6H,2-4H2,1H3,(H,14,15)(H,10,12,16). The van der Waals surface area contributed by atoms with Gasteiger partial charge in [0.1, 0.15) is 5.01 Å². The molecule has 0 spiro atoms. The van der Waals surface area contributed by atoms with Crippen LogP contribution < -0.4 is 5.32 Å². The first-order valence-corrected chi connectivity index (χ1v) is 6.08. The maximum atomic E-state index is 11.9. The molecule has 0 aliphatic carbocycles. The lowest BCUT2D eigenvalue weighted by Gasteiger charge is -2.32. The zero-order chi connectivity index (χ0) is 13.1. The summed E-state index contributed by atoms with van der Waals surface area (Å²) in [7, 11) is 0. The minimum atomic E-state index is -1.08. The van der Waals surface area contributed by atoms with E-state index < -0.39 is 18.0 Å². The zero-order valence-corrected chi connectivity index (χ0v) is 10.4. The Labute approximate surface area is 107 Å². The highest BCUT2D eigenvalue weighted by molar-refractivity contribution is 7.15. The third-order valence-electron chi connectivity index (χ3n) is 2.41. The number of rotatable bonds is 2. The first-order chi connectivity index (χ1) is 8.58. The predicted octanol–water partition coefficient (Wildman–Crippen LogP) is 0.164. The number of amides is 2. The lowest BCUT2D eigenvalue weighted by molar-refractivity contribution is -0.147. The Morgan fingerprint density at radius 3 is 2.94 bits per heavy atom. The van der Waals surface area contributed by atoms with Gasteiger partial charge in [0.2, 0.25) is 5.13 Å². The van der Waals surface area contributed by atoms with E-state index in [1.165, 1.54) is 16.2 Å². The van der Waals surface area contributed by atoms with E-state index >= 15 is 0 Å². The van der Waals surface area contributed by atoms with Crippen LogP contribution in [0.5, 0.6) is 0 Å². The first-order valence-electron chi connectivity index (χ1n) is 5.26. The molecule has 0 saturated carbocycles. The van der Waals surface area contributed by atoms with Crippen molar-refractivity contribution in [2.75, 3.05) is 25.1 Å². The summed E-state index contributed by atoms with van der Waals surface area (Å²) < 4.78 is 5.05. The number of carbonyl (C=O) groups is 2. The number of anilines is 1. The van der Waals surface area contributed by atoms with Crippen molar-refractivity contribution in [3.63, 3.8) is 0 Å². The van der Waals surface area contributed by atoms with E-state index in [1.807, 2.05) is 0 Å². The molecule has 1 aromatic heterocycles. The molecule has 9 heteroatoms. The highest BCUT2D eigenvalue weighted by Crippen LogP contribution is 2.16. The molecule has 0 radical (unpaired) electrons. The molecule has 1 unspecified atom stereocenters. The molecule has 2 amide bonds. The number of aromatic nitrogens is 2. The smallest absolute Gasteiger partial charge is 0.328 e. The number of ether oxygens (including phenoxy) is 1. The van der Waals surface area contributed by atoms with E-state index in [0.717, 1.165) is 5.01 Å². The van der Waals surface area contributed by atoms with Gasteiger partial charge in [0.05, 0.1) is 13.2 Å². The van der Waals surface area contributed by atoms with Crippen LogP contribution in [0.4, 0.5) is 9.93 Å². The molecule has 18 heavy (non-hydrogen) atoms. The summed E-state index contributed by atoms with van der Waals surface area (Å²) in [6.45, 7) is 2.33. The number of carboxylic acid groups (broad SMARTS) is 1. The van der Waals surface area contributed by atoms with E-state index in [2.05, 4.69) is 15.5 Å². The molecular weight excluding hydrogens is 260 g/mol. The molecule has 8 nitrogen and oxygen atoms in total. The molecule has 0 bridgehead atoms. The molecule has 98 valence electrons. The van der Waals surface area contributed by atoms with Crippen LogP contribution in [-0.4, -0.2) is 58.0 Å². The van der Waals surface area contributed by atoms with Gasteiger partial charge in [-0.2, -0.15) is 0 Å². The average molecular weight is 272 g/mol. The van der Waals surface area contributed by atoms with Crippen molar-refractivity contribution in [2.24, 2.45) is 0 Å². The van der Waals surface area contributed by atoms with Gasteiger partial charge in [0.25, 0.3) is 0 Å². The fourth-order valence-corrected chi connectivity index (χ4v) is 2.14. The maximum Gasteiger partial charge on any atom is 0.328 e. The third-order valence-corrected chi connectivity index (χ3v) is 3.17. The summed E-state index contributed by atoms with van der Waals surface area (Å²) in [5.41, 5.74) is 0. The Kier molecular flexibility index (Phi) is 3.72. The van der Waals surface area contributed by atoms with E-state index in [-0.39, 0.29) is 13.2 Å². The van der Waals surface area contributed by atoms with Crippen molar-refractivity contribution < 1.29 is 19.4 Å². The van der Waals surface area contributed by atoms with Gasteiger partial charge in [-0.1, -0.05) is 11.3 Å². The van der Waals surface area contributed by atoms with Gasteiger partial charge in [-0.25, -0.2) is 9.59 Å². The second-order valence-electron chi connectivity index (χ2n) is 3.68. The molecule has 1 fully saturated rings. The number of nitrogens with one attached hydrogen (secondary N) is 1. The molecule has 1 aromatic rings. The first kappa shape index (κ1) is 12.7. The Bertz CT molecular complexity index is 463. The third kappa shape index (κ3) is 2.74. The number of hydrogen-bond donors (Lipinski definition) is 2. The van der Waals surface area contributed by atoms with Crippen LogP contribution in [0.3, 0.4) is 0 Å². The number of carboxylic acids is 1. The van der Waals surface area contributed by atoms with Crippen molar-refractivity contribution in [1.29, 1.82) is 0 Å². The predicted molar refractivity (Wildman–Crippen MR) is 62.6 cm³/mol. The van der Waals surface area contributed by atoms with E-state index in [0.29, 0.717) is 11.7 Å². The lowest BCUT2D eigenvalue weighted by Crippen LogP contribution is -2.53. The fraction of sp³-hybridized carbons (Fsp3) is 0.556. The minimum Gasteiger partial charge on any atom is -0.480 e. The maximum absolute atomic E-state index is 11.9. The van der Waals surface area contributed by atoms with Gasteiger partial charge in [0, 0.05) is 6.54 Å². The highest BCUT2D eigenvalue weighted by atomic mass is 32.1. The Hall–Kier alpha value is -1.74. The van der Waals surface area contributed by atoms with Gasteiger partial charge in [-0.15, -0.1) is 10.2 Å². The van der Waals surface area contributed by atoms with Crippen molar-refractivity contribution in [3.8, 4) is 0 Å². The molecule has 2 rings (SSSR count). The van der Waals surface area contributed by atoms with Gasteiger partial charge in [-0.3, -0.25) is 5.32 Å². The van der Waals surface area contributed by atoms with Gasteiger partial charge < -0.3 is 14.7 Å². The summed E-state index contributed by atoms with van der Waals surface area (Å²) in [4.78, 5) is 24.1. The highest BCUT2D eigenvalue weighted by Gasteiger charge is 2.33. The monoisotopic (exact) mass is 272 g/mol. The Morgan fingerprint density at radius 2 is 2.33 bits per heavy atom. The summed E-state index contributed by atoms with van der Waals surface area (Å²) in [5.74, 6) is -1.08. The van der Waals surface area contributed by atoms with Gasteiger partial charge >= 0.3 is 12.0 Å². The zero-order valence-electron chi connectivity index (χ0n) is 9.62. The van der Waals surface area contributed by atoms with Crippen molar-refractivity contribution in [1.82, 2.24) is 15.1 Å². The number of hydrogen-bond acceptors (Lipinski definition) is 6. The minimum absolute atomic E-state index is 0.00208. The van der Waals surface area contributed by atoms with Crippen molar-refractivity contribution in [3.05, 3.63) is 5.01 Å². The summed E-state index contributed by atoms with van der Waals surface area (Å²) in [5, 5.41) is 20.1. The second kappa shape index (κ2) is 5.27. The summed E-state index contributed by atoms with van der Waals surface area (Å²) >= 11 is 1.23. The largest absolute Gasteiger partial charge is 0.480 e. The SMILES string of the molecule is Cc1nnc(NC(=O)N2CCOCC2C(=O)O)s1. The molecule has 0 aromatic carbocycles. The molecule has 1 aliphatic rings. The van der Waals surface area contributed by atoms with Crippen LogP contribution in [0.25, 0.3) is 0 Å². The number of morpholine rings is 1. The molecule has 1 saturated heterocycles. The molecule has 2 heterocycles. The summed E-state index contributed by atoms with van der Waals surface area (Å²) in [6.07, 6.45) is 0. The quantitative estimate of drug-likeness (QED) is 0.794. The average Bonchev–Trinajstić information content (AvgIpc) is 2.74. The van der Waals surface area contributed by atoms with Crippen LogP contribution in [0.2, 0.25) is 0 Å². The number of urea groups is 1. The van der Waals surface area contributed by atoms with E-state index in [1.54, 1.807) is 6.92 Å². The van der Waals surface area contributed by atoms with E-state index in [9.17, 15) is 9.59 Å². The summed E-state index contributed by atoms with van der Waals surface area (Å²) in [6, 6.07) is -1.46. The Morgan fingerprint density at radius 1 is 1.56 bits per heavy atom. The van der Waals surface area contributed by atoms with Crippen LogP contribution >= 0.6 is 11.3 Å².